The lowest BCUT2D eigenvalue weighted by molar-refractivity contribution is -0.151. The number of esters is 2. The van der Waals surface area contributed by atoms with Gasteiger partial charge in [0, 0.05) is 0 Å². The van der Waals surface area contributed by atoms with Crippen molar-refractivity contribution in [3.8, 4) is 0 Å². The second-order valence-corrected chi connectivity index (χ2v) is 11.3. The molecule has 0 rings (SSSR count). The van der Waals surface area contributed by atoms with E-state index in [1.54, 1.807) is 0 Å². The molecule has 0 unspecified atom stereocenters. The summed E-state index contributed by atoms with van der Waals surface area (Å²) in [4.78, 5) is 24.5. The molecule has 0 amide bonds. The number of carbonyl (C=O) groups excluding carboxylic acids is 2. The summed E-state index contributed by atoms with van der Waals surface area (Å²) in [5.41, 5.74) is 0. The lowest BCUT2D eigenvalue weighted by Crippen LogP contribution is -2.55. The summed E-state index contributed by atoms with van der Waals surface area (Å²) in [5.74, 6) is -3.31. The first kappa shape index (κ1) is 30.8. The van der Waals surface area contributed by atoms with E-state index < -0.39 is 42.7 Å². The van der Waals surface area contributed by atoms with Crippen LogP contribution in [-0.4, -0.2) is 55.2 Å². The van der Waals surface area contributed by atoms with Crippen LogP contribution in [-0.2, 0) is 39.3 Å². The minimum atomic E-state index is -5.79. The molecule has 0 fully saturated rings. The van der Waals surface area contributed by atoms with Gasteiger partial charge in [-0.3, -0.25) is 13.9 Å². The first-order valence-corrected chi connectivity index (χ1v) is 14.1. The third-order valence-electron chi connectivity index (χ3n) is 5.01. The molecule has 0 aromatic rings. The van der Waals surface area contributed by atoms with E-state index in [1.807, 2.05) is 6.92 Å². The Balaban J connectivity index is 5.05. The van der Waals surface area contributed by atoms with Gasteiger partial charge in [0.2, 0.25) is 0 Å². The summed E-state index contributed by atoms with van der Waals surface area (Å²) >= 11 is 0. The van der Waals surface area contributed by atoms with Gasteiger partial charge in [-0.2, -0.15) is 16.8 Å². The second kappa shape index (κ2) is 15.6. The summed E-state index contributed by atoms with van der Waals surface area (Å²) < 4.78 is 72.1. The van der Waals surface area contributed by atoms with Crippen LogP contribution in [0.4, 0.5) is 0 Å². The smallest absolute Gasteiger partial charge is 0.349 e. The normalized spacial score (nSPS) is 12.5. The van der Waals surface area contributed by atoms with Crippen LogP contribution in [0.25, 0.3) is 0 Å². The van der Waals surface area contributed by atoms with E-state index in [0.29, 0.717) is 19.3 Å². The Bertz CT molecular complexity index is 727. The molecule has 0 atom stereocenters. The topological polar surface area (TPSA) is 161 Å². The second-order valence-electron chi connectivity index (χ2n) is 7.77. The molecule has 12 heteroatoms. The minimum Gasteiger partial charge on any atom is -0.466 e. The standard InChI is InChI=1S/C20H38O10S2/c1-3-5-7-9-11-13-15-29-18(21)17-20(31(23,24)25,32(26,27)28)19(22)30-16-14-12-10-8-6-4-2/h3-17H2,1-2H3,(H,23,24,25)(H,26,27,28). The maximum Gasteiger partial charge on any atom is 0.349 e. The number of hydrogen-bond donors (Lipinski definition) is 2. The molecule has 0 heterocycles. The van der Waals surface area contributed by atoms with Crippen LogP contribution in [0, 0.1) is 0 Å². The number of rotatable bonds is 19. The molecule has 0 aromatic heterocycles. The summed E-state index contributed by atoms with van der Waals surface area (Å²) in [6.45, 7) is 3.66. The van der Waals surface area contributed by atoms with Gasteiger partial charge < -0.3 is 9.47 Å². The van der Waals surface area contributed by atoms with E-state index in [2.05, 4.69) is 6.92 Å². The SMILES string of the molecule is CCCCCCCCOC(=O)CC(C(=O)OCCCCCCCC)(S(=O)(=O)O)S(=O)(=O)O. The fourth-order valence-electron chi connectivity index (χ4n) is 3.06. The third kappa shape index (κ3) is 10.6. The Labute approximate surface area is 191 Å². The van der Waals surface area contributed by atoms with Gasteiger partial charge in [-0.05, 0) is 12.8 Å². The number of ether oxygens (including phenoxy) is 2. The molecule has 32 heavy (non-hydrogen) atoms. The van der Waals surface area contributed by atoms with Gasteiger partial charge in [0.15, 0.2) is 0 Å². The largest absolute Gasteiger partial charge is 0.466 e. The van der Waals surface area contributed by atoms with Crippen LogP contribution < -0.4 is 0 Å². The maximum absolute atomic E-state index is 12.4. The molecule has 0 aliphatic carbocycles. The first-order chi connectivity index (χ1) is 14.9. The zero-order valence-electron chi connectivity index (χ0n) is 19.1. The van der Waals surface area contributed by atoms with Crippen molar-refractivity contribution in [3.63, 3.8) is 0 Å². The van der Waals surface area contributed by atoms with Crippen molar-refractivity contribution in [3.05, 3.63) is 0 Å². The van der Waals surface area contributed by atoms with Crippen molar-refractivity contribution >= 4 is 32.2 Å². The van der Waals surface area contributed by atoms with Crippen molar-refractivity contribution in [2.45, 2.75) is 101 Å². The molecular weight excluding hydrogens is 464 g/mol. The fraction of sp³-hybridized carbons (Fsp3) is 0.900. The van der Waals surface area contributed by atoms with E-state index >= 15 is 0 Å². The first-order valence-electron chi connectivity index (χ1n) is 11.2. The van der Waals surface area contributed by atoms with Crippen LogP contribution in [0.1, 0.15) is 97.3 Å². The highest BCUT2D eigenvalue weighted by Gasteiger charge is 2.64. The highest BCUT2D eigenvalue weighted by atomic mass is 32.3. The van der Waals surface area contributed by atoms with E-state index in [0.717, 1.165) is 57.8 Å². The van der Waals surface area contributed by atoms with E-state index in [9.17, 15) is 35.5 Å². The van der Waals surface area contributed by atoms with Gasteiger partial charge >= 0.3 is 16.0 Å². The summed E-state index contributed by atoms with van der Waals surface area (Å²) in [5, 5.41) is 0. The highest BCUT2D eigenvalue weighted by Crippen LogP contribution is 2.30. The molecular formula is C20H38O10S2. The molecule has 0 radical (unpaired) electrons. The average Bonchev–Trinajstić information content (AvgIpc) is 2.68. The molecule has 0 aliphatic heterocycles. The lowest BCUT2D eigenvalue weighted by Gasteiger charge is -2.24. The van der Waals surface area contributed by atoms with Crippen LogP contribution in [0.2, 0.25) is 0 Å². The van der Waals surface area contributed by atoms with Gasteiger partial charge in [0.1, 0.15) is 0 Å². The third-order valence-corrected chi connectivity index (χ3v) is 8.57. The fourth-order valence-corrected chi connectivity index (χ4v) is 5.27. The molecule has 0 saturated heterocycles. The molecule has 0 aliphatic rings. The Hall–Kier alpha value is -1.24. The van der Waals surface area contributed by atoms with Crippen LogP contribution in [0.15, 0.2) is 0 Å². The maximum atomic E-state index is 12.4. The molecule has 0 spiro atoms. The summed E-state index contributed by atoms with van der Waals surface area (Å²) in [7, 11) is -11.6. The summed E-state index contributed by atoms with van der Waals surface area (Å²) in [6, 6.07) is 0. The monoisotopic (exact) mass is 502 g/mol. The number of unbranched alkanes of at least 4 members (excludes halogenated alkanes) is 10. The Morgan fingerprint density at radius 1 is 0.656 bits per heavy atom. The molecule has 190 valence electrons. The van der Waals surface area contributed by atoms with Crippen molar-refractivity contribution in [1.82, 2.24) is 0 Å². The zero-order chi connectivity index (χ0) is 24.7. The van der Waals surface area contributed by atoms with Crippen molar-refractivity contribution in [2.24, 2.45) is 0 Å². The highest BCUT2D eigenvalue weighted by molar-refractivity contribution is 8.06. The Morgan fingerprint density at radius 3 is 1.44 bits per heavy atom. The van der Waals surface area contributed by atoms with Crippen LogP contribution in [0.5, 0.6) is 0 Å². The Kier molecular flexibility index (Phi) is 15.0. The molecule has 10 nitrogen and oxygen atoms in total. The van der Waals surface area contributed by atoms with Gasteiger partial charge in [-0.15, -0.1) is 0 Å². The van der Waals surface area contributed by atoms with Crippen LogP contribution in [0.3, 0.4) is 0 Å². The van der Waals surface area contributed by atoms with Gasteiger partial charge in [-0.1, -0.05) is 78.1 Å². The van der Waals surface area contributed by atoms with Crippen molar-refractivity contribution < 1.29 is 45.0 Å². The van der Waals surface area contributed by atoms with E-state index in [1.165, 1.54) is 0 Å². The molecule has 2 N–H and O–H groups in total. The summed E-state index contributed by atoms with van der Waals surface area (Å²) in [6.07, 6.45) is 8.52. The number of carbonyl (C=O) groups is 2. The number of hydrogen-bond acceptors (Lipinski definition) is 8. The average molecular weight is 503 g/mol. The van der Waals surface area contributed by atoms with Crippen LogP contribution >= 0.6 is 0 Å². The van der Waals surface area contributed by atoms with Crippen molar-refractivity contribution in [2.75, 3.05) is 13.2 Å². The molecule has 0 bridgehead atoms. The van der Waals surface area contributed by atoms with Gasteiger partial charge in [0.05, 0.1) is 19.6 Å². The van der Waals surface area contributed by atoms with E-state index in [-0.39, 0.29) is 13.2 Å². The predicted octanol–water partition coefficient (Wildman–Crippen LogP) is 3.66. The van der Waals surface area contributed by atoms with Gasteiger partial charge in [-0.25, -0.2) is 4.79 Å². The van der Waals surface area contributed by atoms with Gasteiger partial charge in [0.25, 0.3) is 20.2 Å². The Morgan fingerprint density at radius 2 is 1.03 bits per heavy atom. The quantitative estimate of drug-likeness (QED) is 0.151. The van der Waals surface area contributed by atoms with Crippen molar-refractivity contribution in [1.29, 1.82) is 0 Å². The minimum absolute atomic E-state index is 0.120. The molecule has 0 saturated carbocycles. The lowest BCUT2D eigenvalue weighted by atomic mass is 10.1. The van der Waals surface area contributed by atoms with E-state index in [4.69, 9.17) is 9.47 Å². The zero-order valence-corrected chi connectivity index (χ0v) is 20.7. The molecule has 0 aromatic carbocycles. The predicted molar refractivity (Wildman–Crippen MR) is 119 cm³/mol.